The lowest BCUT2D eigenvalue weighted by molar-refractivity contribution is 0.0977. The molecule has 0 radical (unpaired) electrons. The number of benzene rings is 3. The monoisotopic (exact) mass is 605 g/mol. The molecule has 1 amide bonds. The van der Waals surface area contributed by atoms with Gasteiger partial charge in [-0.25, -0.2) is 18.2 Å². The summed E-state index contributed by atoms with van der Waals surface area (Å²) in [5.74, 6) is -2.11. The van der Waals surface area contributed by atoms with Gasteiger partial charge in [-0.3, -0.25) is 9.69 Å². The molecule has 1 fully saturated rings. The molecule has 42 heavy (non-hydrogen) atoms. The van der Waals surface area contributed by atoms with Crippen molar-refractivity contribution in [2.75, 3.05) is 31.1 Å². The minimum atomic E-state index is -0.859. The van der Waals surface area contributed by atoms with Crippen LogP contribution in [0.25, 0.3) is 6.08 Å². The topological polar surface area (TPSA) is 36.4 Å². The zero-order chi connectivity index (χ0) is 29.3. The van der Waals surface area contributed by atoms with Gasteiger partial charge in [0, 0.05) is 45.7 Å². The van der Waals surface area contributed by atoms with Gasteiger partial charge in [-0.1, -0.05) is 41.6 Å². The number of rotatable bonds is 6. The summed E-state index contributed by atoms with van der Waals surface area (Å²) < 4.78 is 40.3. The van der Waals surface area contributed by atoms with Crippen LogP contribution in [0.2, 0.25) is 5.15 Å². The lowest BCUT2D eigenvalue weighted by atomic mass is 9.74. The van der Waals surface area contributed by atoms with Crippen LogP contribution >= 0.6 is 23.4 Å². The number of carbonyl (C=O) groups is 1. The van der Waals surface area contributed by atoms with E-state index >= 15 is 0 Å². The van der Waals surface area contributed by atoms with E-state index in [0.29, 0.717) is 24.2 Å². The van der Waals surface area contributed by atoms with Gasteiger partial charge < -0.3 is 4.90 Å². The molecule has 0 unspecified atom stereocenters. The minimum absolute atomic E-state index is 0.117. The first-order chi connectivity index (χ1) is 20.3. The predicted molar refractivity (Wildman–Crippen MR) is 161 cm³/mol. The number of halogens is 4. The SMILES string of the molecule is O=C(c1ccnc(Cl)c1)N1CC2(CCN(CC=Cc3ccc(F)c(F)c3)CC2)c2cc(Sc3ccc(F)cc3)ccc21. The summed E-state index contributed by atoms with van der Waals surface area (Å²) >= 11 is 7.67. The second-order valence-corrected chi connectivity index (χ2v) is 12.2. The molecule has 2 aliphatic rings. The van der Waals surface area contributed by atoms with E-state index < -0.39 is 11.6 Å². The van der Waals surface area contributed by atoms with Crippen molar-refractivity contribution in [2.24, 2.45) is 0 Å². The fourth-order valence-corrected chi connectivity index (χ4v) is 6.80. The highest BCUT2D eigenvalue weighted by molar-refractivity contribution is 7.99. The van der Waals surface area contributed by atoms with Crippen LogP contribution in [0.1, 0.15) is 34.3 Å². The van der Waals surface area contributed by atoms with Crippen LogP contribution in [0.5, 0.6) is 0 Å². The Morgan fingerprint density at radius 3 is 2.43 bits per heavy atom. The highest BCUT2D eigenvalue weighted by Gasteiger charge is 2.46. The number of pyridine rings is 1. The highest BCUT2D eigenvalue weighted by Crippen LogP contribution is 2.49. The largest absolute Gasteiger partial charge is 0.307 e. The lowest BCUT2D eigenvalue weighted by Crippen LogP contribution is -2.46. The van der Waals surface area contributed by atoms with Gasteiger partial charge >= 0.3 is 0 Å². The van der Waals surface area contributed by atoms with Gasteiger partial charge in [0.2, 0.25) is 0 Å². The fraction of sp³-hybridized carbons (Fsp3) is 0.212. The first kappa shape index (κ1) is 28.5. The van der Waals surface area contributed by atoms with Crippen molar-refractivity contribution in [3.63, 3.8) is 0 Å². The van der Waals surface area contributed by atoms with Gasteiger partial charge in [-0.2, -0.15) is 0 Å². The smallest absolute Gasteiger partial charge is 0.258 e. The van der Waals surface area contributed by atoms with E-state index in [1.165, 1.54) is 24.4 Å². The molecule has 0 N–H and O–H groups in total. The van der Waals surface area contributed by atoms with Crippen molar-refractivity contribution in [3.05, 3.63) is 124 Å². The molecule has 1 spiro atoms. The van der Waals surface area contributed by atoms with Gasteiger partial charge in [0.05, 0.1) is 0 Å². The molecule has 9 heteroatoms. The summed E-state index contributed by atoms with van der Waals surface area (Å²) in [6, 6.07) is 19.8. The summed E-state index contributed by atoms with van der Waals surface area (Å²) in [6.07, 6.45) is 7.01. The summed E-state index contributed by atoms with van der Waals surface area (Å²) in [6.45, 7) is 2.88. The summed E-state index contributed by atoms with van der Waals surface area (Å²) in [5, 5.41) is 0.269. The first-order valence-corrected chi connectivity index (χ1v) is 14.8. The molecule has 3 aromatic carbocycles. The van der Waals surface area contributed by atoms with E-state index in [-0.39, 0.29) is 22.3 Å². The van der Waals surface area contributed by atoms with Crippen LogP contribution in [-0.2, 0) is 5.41 Å². The van der Waals surface area contributed by atoms with Gasteiger partial charge in [0.1, 0.15) is 11.0 Å². The van der Waals surface area contributed by atoms with E-state index in [0.717, 1.165) is 53.0 Å². The predicted octanol–water partition coefficient (Wildman–Crippen LogP) is 8.01. The third kappa shape index (κ3) is 5.98. The van der Waals surface area contributed by atoms with Crippen LogP contribution in [0.15, 0.2) is 94.9 Å². The van der Waals surface area contributed by atoms with Crippen LogP contribution < -0.4 is 4.90 Å². The number of carbonyl (C=O) groups excluding carboxylic acids is 1. The second-order valence-electron chi connectivity index (χ2n) is 10.7. The Balaban J connectivity index is 1.23. The van der Waals surface area contributed by atoms with Crippen LogP contribution in [0.3, 0.4) is 0 Å². The molecule has 6 rings (SSSR count). The number of nitrogens with zero attached hydrogens (tertiary/aromatic N) is 3. The molecule has 0 bridgehead atoms. The van der Waals surface area contributed by atoms with Crippen molar-refractivity contribution in [2.45, 2.75) is 28.0 Å². The Hall–Kier alpha value is -3.59. The first-order valence-electron chi connectivity index (χ1n) is 13.6. The molecule has 4 nitrogen and oxygen atoms in total. The number of hydrogen-bond acceptors (Lipinski definition) is 4. The number of anilines is 1. The average molecular weight is 606 g/mol. The lowest BCUT2D eigenvalue weighted by Gasteiger charge is -2.39. The fourth-order valence-electron chi connectivity index (χ4n) is 5.77. The van der Waals surface area contributed by atoms with E-state index in [1.54, 1.807) is 48.2 Å². The molecule has 2 aliphatic heterocycles. The summed E-state index contributed by atoms with van der Waals surface area (Å²) in [5.41, 5.74) is 2.91. The van der Waals surface area contributed by atoms with Crippen LogP contribution in [-0.4, -0.2) is 42.0 Å². The maximum absolute atomic E-state index is 13.7. The number of aromatic nitrogens is 1. The number of hydrogen-bond donors (Lipinski definition) is 0. The quantitative estimate of drug-likeness (QED) is 0.209. The molecule has 0 atom stereocenters. The number of piperidine rings is 1. The van der Waals surface area contributed by atoms with Crippen molar-refractivity contribution >= 4 is 41.0 Å². The molecule has 1 aromatic heterocycles. The molecule has 0 saturated carbocycles. The normalized spacial score (nSPS) is 16.3. The molecule has 3 heterocycles. The van der Waals surface area contributed by atoms with Crippen molar-refractivity contribution in [1.82, 2.24) is 9.88 Å². The molecular formula is C33H27ClF3N3OS. The Bertz CT molecular complexity index is 1660. The zero-order valence-corrected chi connectivity index (χ0v) is 24.1. The van der Waals surface area contributed by atoms with E-state index in [4.69, 9.17) is 11.6 Å². The third-order valence-corrected chi connectivity index (χ3v) is 9.19. The van der Waals surface area contributed by atoms with Gasteiger partial charge in [-0.15, -0.1) is 0 Å². The Morgan fingerprint density at radius 1 is 0.929 bits per heavy atom. The Kier molecular flexibility index (Phi) is 8.12. The number of likely N-dealkylation sites (tertiary alicyclic amines) is 1. The second kappa shape index (κ2) is 12.0. The van der Waals surface area contributed by atoms with Crippen LogP contribution in [0.4, 0.5) is 18.9 Å². The molecular weight excluding hydrogens is 579 g/mol. The maximum Gasteiger partial charge on any atom is 0.258 e. The summed E-state index contributed by atoms with van der Waals surface area (Å²) in [4.78, 5) is 23.9. The maximum atomic E-state index is 13.7. The minimum Gasteiger partial charge on any atom is -0.307 e. The zero-order valence-electron chi connectivity index (χ0n) is 22.6. The molecule has 0 aliphatic carbocycles. The van der Waals surface area contributed by atoms with Gasteiger partial charge in [0.15, 0.2) is 11.6 Å². The average Bonchev–Trinajstić information content (AvgIpc) is 3.30. The van der Waals surface area contributed by atoms with Crippen molar-refractivity contribution in [1.29, 1.82) is 0 Å². The highest BCUT2D eigenvalue weighted by atomic mass is 35.5. The standard InChI is InChI=1S/C33H27ClF3N3OS/c34-31-19-23(11-14-38-31)32(41)40-21-33(27-20-26(8-10-30(27)40)42-25-6-4-24(35)5-7-25)12-16-39(17-13-33)15-1-2-22-3-9-28(36)29(37)18-22/h1-11,14,18-20H,12-13,15-17,21H2. The van der Waals surface area contributed by atoms with E-state index in [1.807, 2.05) is 23.1 Å². The Labute approximate surface area is 251 Å². The van der Waals surface area contributed by atoms with Crippen molar-refractivity contribution < 1.29 is 18.0 Å². The van der Waals surface area contributed by atoms with E-state index in [2.05, 4.69) is 16.0 Å². The van der Waals surface area contributed by atoms with Crippen molar-refractivity contribution in [3.8, 4) is 0 Å². The summed E-state index contributed by atoms with van der Waals surface area (Å²) in [7, 11) is 0. The van der Waals surface area contributed by atoms with Gasteiger partial charge in [0.25, 0.3) is 5.91 Å². The Morgan fingerprint density at radius 2 is 1.69 bits per heavy atom. The number of amides is 1. The van der Waals surface area contributed by atoms with E-state index in [9.17, 15) is 18.0 Å². The van der Waals surface area contributed by atoms with Crippen LogP contribution in [0, 0.1) is 17.5 Å². The third-order valence-electron chi connectivity index (χ3n) is 7.99. The number of fused-ring (bicyclic) bond motifs is 2. The molecule has 4 aromatic rings. The molecule has 1 saturated heterocycles. The molecule has 214 valence electrons. The van der Waals surface area contributed by atoms with Gasteiger partial charge in [-0.05, 0) is 104 Å².